The largest absolute Gasteiger partial charge is 0.506 e. The Hall–Kier alpha value is -3.34. The Kier molecular flexibility index (Phi) is 4.72. The van der Waals surface area contributed by atoms with Crippen LogP contribution >= 0.6 is 0 Å². The van der Waals surface area contributed by atoms with Crippen molar-refractivity contribution in [3.05, 3.63) is 78.4 Å². The van der Waals surface area contributed by atoms with E-state index in [2.05, 4.69) is 20.5 Å². The van der Waals surface area contributed by atoms with Gasteiger partial charge in [-0.05, 0) is 43.3 Å². The van der Waals surface area contributed by atoms with Crippen molar-refractivity contribution in [2.45, 2.75) is 6.92 Å². The Morgan fingerprint density at radius 2 is 1.17 bits per heavy atom. The molecular weight excluding hydrogens is 300 g/mol. The molecule has 5 nitrogen and oxygen atoms in total. The topological polar surface area (TPSA) is 69.7 Å². The first-order valence-electron chi connectivity index (χ1n) is 7.50. The van der Waals surface area contributed by atoms with Gasteiger partial charge in [-0.3, -0.25) is 0 Å². The van der Waals surface area contributed by atoms with Gasteiger partial charge in [0, 0.05) is 5.56 Å². The lowest BCUT2D eigenvalue weighted by Crippen LogP contribution is -1.77. The first-order valence-corrected chi connectivity index (χ1v) is 7.50. The molecule has 0 unspecified atom stereocenters. The number of nitrogens with zero attached hydrogens (tertiary/aromatic N) is 4. The molecule has 0 amide bonds. The predicted octanol–water partition coefficient (Wildman–Crippen LogP) is 6.53. The second-order valence-electron chi connectivity index (χ2n) is 5.15. The summed E-state index contributed by atoms with van der Waals surface area (Å²) in [5.74, 6) is 0.0610. The average Bonchev–Trinajstić information content (AvgIpc) is 2.63. The lowest BCUT2D eigenvalue weighted by molar-refractivity contribution is 0.476. The highest BCUT2D eigenvalue weighted by atomic mass is 16.3. The summed E-state index contributed by atoms with van der Waals surface area (Å²) in [6.45, 7) is 1.83. The molecule has 0 saturated carbocycles. The Labute approximate surface area is 140 Å². The molecule has 1 N–H and O–H groups in total. The number of hydrogen-bond donors (Lipinski definition) is 1. The second-order valence-corrected chi connectivity index (χ2v) is 5.15. The summed E-state index contributed by atoms with van der Waals surface area (Å²) in [5, 5.41) is 26.8. The summed E-state index contributed by atoms with van der Waals surface area (Å²) in [5.41, 5.74) is 3.22. The summed E-state index contributed by atoms with van der Waals surface area (Å²) in [6, 6.07) is 22.1. The maximum atomic E-state index is 10.1. The van der Waals surface area contributed by atoms with E-state index in [1.165, 1.54) is 0 Å². The molecule has 118 valence electrons. The number of hydrogen-bond acceptors (Lipinski definition) is 5. The van der Waals surface area contributed by atoms with E-state index in [1.54, 1.807) is 12.1 Å². The maximum Gasteiger partial charge on any atom is 0.143 e. The number of phenolic OH excluding ortho intramolecular Hbond substituents is 1. The van der Waals surface area contributed by atoms with Gasteiger partial charge in [-0.25, -0.2) is 0 Å². The minimum Gasteiger partial charge on any atom is -0.506 e. The predicted molar refractivity (Wildman–Crippen MR) is 94.1 cm³/mol. The highest BCUT2D eigenvalue weighted by Crippen LogP contribution is 2.37. The first kappa shape index (κ1) is 15.6. The molecule has 24 heavy (non-hydrogen) atoms. The minimum absolute atomic E-state index is 0.0610. The molecule has 0 aromatic heterocycles. The van der Waals surface area contributed by atoms with Gasteiger partial charge >= 0.3 is 0 Å². The van der Waals surface area contributed by atoms with Crippen molar-refractivity contribution in [3.8, 4) is 5.75 Å². The molecule has 0 aliphatic carbocycles. The van der Waals surface area contributed by atoms with Gasteiger partial charge in [0.2, 0.25) is 0 Å². The van der Waals surface area contributed by atoms with Crippen molar-refractivity contribution < 1.29 is 5.11 Å². The van der Waals surface area contributed by atoms with Gasteiger partial charge in [-0.1, -0.05) is 36.4 Å². The van der Waals surface area contributed by atoms with Crippen LogP contribution in [0.1, 0.15) is 5.56 Å². The zero-order chi connectivity index (χ0) is 16.8. The molecule has 3 rings (SSSR count). The monoisotopic (exact) mass is 316 g/mol. The maximum absolute atomic E-state index is 10.1. The number of azo groups is 2. The van der Waals surface area contributed by atoms with Crippen LogP contribution in [-0.2, 0) is 0 Å². The van der Waals surface area contributed by atoms with Crippen molar-refractivity contribution in [1.82, 2.24) is 0 Å². The van der Waals surface area contributed by atoms with Crippen LogP contribution in [0.5, 0.6) is 5.75 Å². The molecule has 0 atom stereocenters. The van der Waals surface area contributed by atoms with E-state index in [0.29, 0.717) is 17.1 Å². The molecular formula is C19H16N4O. The number of aromatic hydroxyl groups is 1. The van der Waals surface area contributed by atoms with Gasteiger partial charge in [-0.2, -0.15) is 15.3 Å². The summed E-state index contributed by atoms with van der Waals surface area (Å²) in [7, 11) is 0. The van der Waals surface area contributed by atoms with Gasteiger partial charge in [0.05, 0.1) is 17.1 Å². The van der Waals surface area contributed by atoms with Gasteiger partial charge in [0.1, 0.15) is 11.4 Å². The Balaban J connectivity index is 1.90. The number of benzene rings is 3. The summed E-state index contributed by atoms with van der Waals surface area (Å²) in [6.07, 6.45) is 0. The van der Waals surface area contributed by atoms with Gasteiger partial charge in [-0.15, -0.1) is 5.11 Å². The number of phenols is 1. The third kappa shape index (κ3) is 3.70. The average molecular weight is 316 g/mol. The van der Waals surface area contributed by atoms with Crippen LogP contribution in [0, 0.1) is 6.92 Å². The molecule has 0 heterocycles. The van der Waals surface area contributed by atoms with E-state index in [0.717, 1.165) is 11.3 Å². The quantitative estimate of drug-likeness (QED) is 0.546. The van der Waals surface area contributed by atoms with Gasteiger partial charge in [0.15, 0.2) is 0 Å². The highest BCUT2D eigenvalue weighted by molar-refractivity contribution is 5.66. The third-order valence-corrected chi connectivity index (χ3v) is 3.43. The normalized spacial score (nSPS) is 11.4. The van der Waals surface area contributed by atoms with Crippen LogP contribution in [0.15, 0.2) is 93.3 Å². The van der Waals surface area contributed by atoms with E-state index < -0.39 is 0 Å². The molecule has 0 bridgehead atoms. The molecule has 0 aliphatic heterocycles. The fourth-order valence-corrected chi connectivity index (χ4v) is 2.12. The minimum atomic E-state index is 0.0610. The highest BCUT2D eigenvalue weighted by Gasteiger charge is 2.09. The van der Waals surface area contributed by atoms with Crippen LogP contribution < -0.4 is 0 Å². The molecule has 0 fully saturated rings. The zero-order valence-corrected chi connectivity index (χ0v) is 13.2. The van der Waals surface area contributed by atoms with Crippen LogP contribution in [0.25, 0.3) is 0 Å². The van der Waals surface area contributed by atoms with Crippen LogP contribution in [0.2, 0.25) is 0 Å². The molecule has 3 aromatic carbocycles. The lowest BCUT2D eigenvalue weighted by atomic mass is 10.1. The molecule has 0 radical (unpaired) electrons. The third-order valence-electron chi connectivity index (χ3n) is 3.43. The standard InChI is InChI=1S/C19H16N4O/c1-14-17(22-20-15-8-4-2-5-9-15)12-13-18(24)19(14)23-21-16-10-6-3-7-11-16/h2-13,24H,1H3. The van der Waals surface area contributed by atoms with Crippen molar-refractivity contribution in [3.63, 3.8) is 0 Å². The fraction of sp³-hybridized carbons (Fsp3) is 0.0526. The molecule has 5 heteroatoms. The summed E-state index contributed by atoms with van der Waals surface area (Å²) in [4.78, 5) is 0. The Morgan fingerprint density at radius 1 is 0.625 bits per heavy atom. The van der Waals surface area contributed by atoms with Crippen LogP contribution in [-0.4, -0.2) is 5.11 Å². The molecule has 0 aliphatic rings. The van der Waals surface area contributed by atoms with Crippen molar-refractivity contribution in [1.29, 1.82) is 0 Å². The lowest BCUT2D eigenvalue weighted by Gasteiger charge is -2.05. The molecule has 0 spiro atoms. The second kappa shape index (κ2) is 7.28. The van der Waals surface area contributed by atoms with E-state index in [9.17, 15) is 5.11 Å². The first-order chi connectivity index (χ1) is 11.7. The Morgan fingerprint density at radius 3 is 1.75 bits per heavy atom. The van der Waals surface area contributed by atoms with Crippen molar-refractivity contribution in [2.24, 2.45) is 20.5 Å². The molecule has 0 saturated heterocycles. The van der Waals surface area contributed by atoms with E-state index in [4.69, 9.17) is 0 Å². The Bertz CT molecular complexity index is 875. The van der Waals surface area contributed by atoms with Crippen LogP contribution in [0.4, 0.5) is 22.7 Å². The van der Waals surface area contributed by atoms with Gasteiger partial charge < -0.3 is 5.11 Å². The fourth-order valence-electron chi connectivity index (χ4n) is 2.12. The van der Waals surface area contributed by atoms with Crippen molar-refractivity contribution in [2.75, 3.05) is 0 Å². The number of rotatable bonds is 4. The van der Waals surface area contributed by atoms with Crippen molar-refractivity contribution >= 4 is 22.7 Å². The van der Waals surface area contributed by atoms with Crippen LogP contribution in [0.3, 0.4) is 0 Å². The van der Waals surface area contributed by atoms with E-state index >= 15 is 0 Å². The SMILES string of the molecule is Cc1c(N=Nc2ccccc2)ccc(O)c1N=Nc1ccccc1. The smallest absolute Gasteiger partial charge is 0.143 e. The summed E-state index contributed by atoms with van der Waals surface area (Å²) < 4.78 is 0. The molecule has 3 aromatic rings. The van der Waals surface area contributed by atoms with E-state index in [-0.39, 0.29) is 5.75 Å². The zero-order valence-electron chi connectivity index (χ0n) is 13.2. The summed E-state index contributed by atoms with van der Waals surface area (Å²) >= 11 is 0. The van der Waals surface area contributed by atoms with Gasteiger partial charge in [0.25, 0.3) is 0 Å². The van der Waals surface area contributed by atoms with E-state index in [1.807, 2.05) is 67.6 Å².